The summed E-state index contributed by atoms with van der Waals surface area (Å²) in [5.41, 5.74) is 0.680. The summed E-state index contributed by atoms with van der Waals surface area (Å²) in [6, 6.07) is 1.70. The van der Waals surface area contributed by atoms with Gasteiger partial charge < -0.3 is 14.3 Å². The van der Waals surface area contributed by atoms with Crippen LogP contribution in [0, 0.1) is 0 Å². The third-order valence-electron chi connectivity index (χ3n) is 4.59. The molecule has 1 rings (SSSR count). The number of alkyl halides is 1. The molecule has 26 heavy (non-hydrogen) atoms. The van der Waals surface area contributed by atoms with Gasteiger partial charge in [0.25, 0.3) is 5.95 Å². The molecule has 0 saturated heterocycles. The van der Waals surface area contributed by atoms with E-state index in [0.717, 1.165) is 12.8 Å². The molecular weight excluding hydrogens is 396 g/mol. The molecule has 0 amide bonds. The largest absolute Gasteiger partial charge is 0.475 e. The Labute approximate surface area is 166 Å². The van der Waals surface area contributed by atoms with Gasteiger partial charge in [-0.15, -0.1) is 0 Å². The lowest BCUT2D eigenvalue weighted by Crippen LogP contribution is -1.99. The summed E-state index contributed by atoms with van der Waals surface area (Å²) in [5.74, 6) is -0.725. The van der Waals surface area contributed by atoms with E-state index in [4.69, 9.17) is 14.3 Å². The molecule has 1 heterocycles. The predicted octanol–water partition coefficient (Wildman–Crippen LogP) is 7.00. The molecule has 0 aromatic carbocycles. The standard InChI is InChI=1S/C21H35BrO4/c1-2-3-4-5-6-7-8-9-10-11-12-13-16-25-19-17-18(14-15-22)20(26-19)21(23)24/h17H,2-16H2,1H3,(H,23,24). The van der Waals surface area contributed by atoms with Gasteiger partial charge in [0.15, 0.2) is 0 Å². The van der Waals surface area contributed by atoms with Crippen LogP contribution in [0.4, 0.5) is 0 Å². The van der Waals surface area contributed by atoms with E-state index in [1.807, 2.05) is 0 Å². The highest BCUT2D eigenvalue weighted by molar-refractivity contribution is 9.09. The number of hydrogen-bond donors (Lipinski definition) is 1. The third kappa shape index (κ3) is 10.2. The van der Waals surface area contributed by atoms with Crippen LogP contribution in [0.3, 0.4) is 0 Å². The molecule has 0 aliphatic carbocycles. The molecule has 0 fully saturated rings. The molecule has 0 aliphatic rings. The molecule has 0 saturated carbocycles. The van der Waals surface area contributed by atoms with Gasteiger partial charge in [0.05, 0.1) is 6.61 Å². The maximum atomic E-state index is 11.1. The molecule has 0 radical (unpaired) electrons. The van der Waals surface area contributed by atoms with E-state index in [1.165, 1.54) is 64.2 Å². The van der Waals surface area contributed by atoms with Crippen LogP contribution in [0.1, 0.15) is 100 Å². The van der Waals surface area contributed by atoms with Crippen molar-refractivity contribution in [1.82, 2.24) is 0 Å². The van der Waals surface area contributed by atoms with Crippen LogP contribution < -0.4 is 4.74 Å². The molecule has 0 unspecified atom stereocenters. The number of aromatic carboxylic acids is 1. The number of ether oxygens (including phenoxy) is 1. The Balaban J connectivity index is 2.00. The van der Waals surface area contributed by atoms with E-state index in [9.17, 15) is 4.79 Å². The average molecular weight is 431 g/mol. The first-order valence-electron chi connectivity index (χ1n) is 10.2. The van der Waals surface area contributed by atoms with Gasteiger partial charge in [0.2, 0.25) is 5.76 Å². The van der Waals surface area contributed by atoms with Crippen LogP contribution in [-0.2, 0) is 6.42 Å². The fraction of sp³-hybridized carbons (Fsp3) is 0.762. The number of furan rings is 1. The first kappa shape index (κ1) is 23.1. The lowest BCUT2D eigenvalue weighted by atomic mass is 10.1. The minimum Gasteiger partial charge on any atom is -0.475 e. The number of aryl methyl sites for hydroxylation is 1. The van der Waals surface area contributed by atoms with Crippen molar-refractivity contribution >= 4 is 21.9 Å². The zero-order valence-corrected chi connectivity index (χ0v) is 17.8. The third-order valence-corrected chi connectivity index (χ3v) is 4.98. The van der Waals surface area contributed by atoms with Gasteiger partial charge in [-0.2, -0.15) is 0 Å². The number of carboxylic acid groups (broad SMARTS) is 1. The summed E-state index contributed by atoms with van der Waals surface area (Å²) in [4.78, 5) is 11.1. The number of halogens is 1. The Hall–Kier alpha value is -0.970. The molecule has 4 nitrogen and oxygen atoms in total. The number of rotatable bonds is 17. The molecule has 1 aromatic heterocycles. The van der Waals surface area contributed by atoms with E-state index in [-0.39, 0.29) is 5.76 Å². The van der Waals surface area contributed by atoms with Crippen LogP contribution >= 0.6 is 15.9 Å². The van der Waals surface area contributed by atoms with Gasteiger partial charge in [-0.3, -0.25) is 0 Å². The van der Waals surface area contributed by atoms with E-state index in [1.54, 1.807) is 6.07 Å². The van der Waals surface area contributed by atoms with Crippen molar-refractivity contribution in [3.8, 4) is 5.95 Å². The molecule has 0 atom stereocenters. The van der Waals surface area contributed by atoms with Crippen molar-refractivity contribution in [3.63, 3.8) is 0 Å². The van der Waals surface area contributed by atoms with Gasteiger partial charge in [0, 0.05) is 17.0 Å². The predicted molar refractivity (Wildman–Crippen MR) is 110 cm³/mol. The number of carbonyl (C=O) groups is 1. The summed E-state index contributed by atoms with van der Waals surface area (Å²) >= 11 is 3.32. The molecule has 0 spiro atoms. The Morgan fingerprint density at radius 3 is 2.04 bits per heavy atom. The Kier molecular flexibility index (Phi) is 13.4. The van der Waals surface area contributed by atoms with E-state index in [2.05, 4.69) is 22.9 Å². The second kappa shape index (κ2) is 15.1. The van der Waals surface area contributed by atoms with Crippen LogP contribution in [0.5, 0.6) is 5.95 Å². The monoisotopic (exact) mass is 430 g/mol. The summed E-state index contributed by atoms with van der Waals surface area (Å²) < 4.78 is 10.9. The quantitative estimate of drug-likeness (QED) is 0.213. The van der Waals surface area contributed by atoms with Gasteiger partial charge >= 0.3 is 5.97 Å². The highest BCUT2D eigenvalue weighted by atomic mass is 79.9. The van der Waals surface area contributed by atoms with Gasteiger partial charge in [-0.05, 0) is 12.8 Å². The Morgan fingerprint density at radius 2 is 1.54 bits per heavy atom. The first-order chi connectivity index (χ1) is 12.7. The fourth-order valence-corrected chi connectivity index (χ4v) is 3.49. The minimum absolute atomic E-state index is 0.00542. The lowest BCUT2D eigenvalue weighted by Gasteiger charge is -2.04. The lowest BCUT2D eigenvalue weighted by molar-refractivity contribution is 0.0651. The molecule has 0 bridgehead atoms. The van der Waals surface area contributed by atoms with Gasteiger partial charge in [0.1, 0.15) is 0 Å². The number of carboxylic acids is 1. The van der Waals surface area contributed by atoms with Crippen molar-refractivity contribution in [2.45, 2.75) is 90.4 Å². The van der Waals surface area contributed by atoms with Crippen molar-refractivity contribution in [2.24, 2.45) is 0 Å². The second-order valence-electron chi connectivity index (χ2n) is 6.90. The topological polar surface area (TPSA) is 59.7 Å². The number of hydrogen-bond acceptors (Lipinski definition) is 3. The van der Waals surface area contributed by atoms with Gasteiger partial charge in [-0.25, -0.2) is 4.79 Å². The minimum atomic E-state index is -1.04. The van der Waals surface area contributed by atoms with E-state index in [0.29, 0.717) is 29.9 Å². The molecular formula is C21H35BrO4. The average Bonchev–Trinajstić information content (AvgIpc) is 3.02. The summed E-state index contributed by atoms with van der Waals surface area (Å²) in [6.07, 6.45) is 16.3. The molecule has 0 aliphatic heterocycles. The van der Waals surface area contributed by atoms with E-state index >= 15 is 0 Å². The Morgan fingerprint density at radius 1 is 1.00 bits per heavy atom. The van der Waals surface area contributed by atoms with Crippen molar-refractivity contribution in [3.05, 3.63) is 17.4 Å². The Bertz CT molecular complexity index is 484. The molecule has 1 N–H and O–H groups in total. The zero-order chi connectivity index (χ0) is 19.0. The molecule has 150 valence electrons. The van der Waals surface area contributed by atoms with Crippen LogP contribution in [0.15, 0.2) is 10.5 Å². The SMILES string of the molecule is CCCCCCCCCCCCCCOc1cc(CCBr)c(C(=O)O)o1. The maximum Gasteiger partial charge on any atom is 0.372 e. The second-order valence-corrected chi connectivity index (χ2v) is 7.69. The zero-order valence-electron chi connectivity index (χ0n) is 16.2. The summed E-state index contributed by atoms with van der Waals surface area (Å²) in [7, 11) is 0. The summed E-state index contributed by atoms with van der Waals surface area (Å²) in [6.45, 7) is 2.84. The van der Waals surface area contributed by atoms with Crippen LogP contribution in [-0.4, -0.2) is 23.0 Å². The molecule has 1 aromatic rings. The van der Waals surface area contributed by atoms with Crippen LogP contribution in [0.2, 0.25) is 0 Å². The number of unbranched alkanes of at least 4 members (excludes halogenated alkanes) is 11. The van der Waals surface area contributed by atoms with E-state index < -0.39 is 5.97 Å². The first-order valence-corrected chi connectivity index (χ1v) is 11.4. The van der Waals surface area contributed by atoms with Crippen molar-refractivity contribution in [2.75, 3.05) is 11.9 Å². The van der Waals surface area contributed by atoms with Gasteiger partial charge in [-0.1, -0.05) is 93.5 Å². The summed E-state index contributed by atoms with van der Waals surface area (Å²) in [5, 5.41) is 9.82. The smallest absolute Gasteiger partial charge is 0.372 e. The van der Waals surface area contributed by atoms with Crippen molar-refractivity contribution < 1.29 is 19.1 Å². The molecule has 5 heteroatoms. The van der Waals surface area contributed by atoms with Crippen molar-refractivity contribution in [1.29, 1.82) is 0 Å². The normalized spacial score (nSPS) is 11.0. The highest BCUT2D eigenvalue weighted by Gasteiger charge is 2.17. The van der Waals surface area contributed by atoms with Crippen LogP contribution in [0.25, 0.3) is 0 Å². The fourth-order valence-electron chi connectivity index (χ4n) is 3.06. The maximum absolute atomic E-state index is 11.1. The highest BCUT2D eigenvalue weighted by Crippen LogP contribution is 2.23.